The Morgan fingerprint density at radius 1 is 1.03 bits per heavy atom. The predicted octanol–water partition coefficient (Wildman–Crippen LogP) is 0.704. The molecule has 4 N–H and O–H groups in total. The van der Waals surface area contributed by atoms with Gasteiger partial charge in [0, 0.05) is 48.2 Å². The molecule has 0 saturated carbocycles. The highest BCUT2D eigenvalue weighted by molar-refractivity contribution is 8.00. The van der Waals surface area contributed by atoms with E-state index in [1.807, 2.05) is 11.8 Å². The molecule has 0 aromatic heterocycles. The highest BCUT2D eigenvalue weighted by Gasteiger charge is 2.42. The first-order valence-electron chi connectivity index (χ1n) is 12.4. The van der Waals surface area contributed by atoms with Gasteiger partial charge in [-0.05, 0) is 31.0 Å². The van der Waals surface area contributed by atoms with Gasteiger partial charge in [0.25, 0.3) is 17.7 Å². The number of nitrogens with zero attached hydrogens (tertiary/aromatic N) is 1. The lowest BCUT2D eigenvalue weighted by atomic mass is 10.0. The molecule has 3 heterocycles. The van der Waals surface area contributed by atoms with Crippen LogP contribution in [0.25, 0.3) is 0 Å². The maximum atomic E-state index is 12.4. The van der Waals surface area contributed by atoms with E-state index < -0.39 is 11.8 Å². The second kappa shape index (κ2) is 12.7. The summed E-state index contributed by atoms with van der Waals surface area (Å²) in [5, 5.41) is 11.9. The standard InChI is InChI=1S/C25H31N5O6S/c31-20(7-2-1-6-19-23-18(15-37-19)28-25(35)29-23)26-10-12-36-13-11-27-24(34)16-4-3-5-17(14-16)30-21(32)8-9-22(30)33/h3-5,8-9,14,18-19,23H,1-2,6-7,10-13,15H2,(H,26,31)(H,27,34)(H2,28,29,35). The van der Waals surface area contributed by atoms with E-state index in [1.54, 1.807) is 18.2 Å². The summed E-state index contributed by atoms with van der Waals surface area (Å²) < 4.78 is 5.47. The van der Waals surface area contributed by atoms with Crippen LogP contribution in [-0.4, -0.2) is 79.0 Å². The maximum absolute atomic E-state index is 12.4. The molecule has 0 aliphatic carbocycles. The zero-order chi connectivity index (χ0) is 26.2. The first kappa shape index (κ1) is 26.7. The van der Waals surface area contributed by atoms with Crippen LogP contribution in [-0.2, 0) is 19.1 Å². The quantitative estimate of drug-likeness (QED) is 0.167. The van der Waals surface area contributed by atoms with E-state index in [1.165, 1.54) is 18.2 Å². The molecule has 0 bridgehead atoms. The number of unbranched alkanes of at least 4 members (excludes halogenated alkanes) is 1. The lowest BCUT2D eigenvalue weighted by Gasteiger charge is -2.16. The van der Waals surface area contributed by atoms with Gasteiger partial charge in [-0.3, -0.25) is 19.2 Å². The third-order valence-electron chi connectivity index (χ3n) is 6.36. The third-order valence-corrected chi connectivity index (χ3v) is 7.87. The SMILES string of the molecule is O=C(CCCCC1SCC2NC(=O)NC21)NCCOCCNC(=O)c1cccc(N2C(=O)C=CC2=O)c1. The van der Waals surface area contributed by atoms with Crippen molar-refractivity contribution in [2.45, 2.75) is 43.0 Å². The number of carbonyl (C=O) groups excluding carboxylic acids is 5. The highest BCUT2D eigenvalue weighted by Crippen LogP contribution is 2.33. The van der Waals surface area contributed by atoms with Crippen molar-refractivity contribution in [1.82, 2.24) is 21.3 Å². The molecule has 3 aliphatic heterocycles. The molecule has 2 saturated heterocycles. The lowest BCUT2D eigenvalue weighted by molar-refractivity contribution is -0.122. The summed E-state index contributed by atoms with van der Waals surface area (Å²) in [5.74, 6) is -0.310. The molecule has 37 heavy (non-hydrogen) atoms. The van der Waals surface area contributed by atoms with E-state index >= 15 is 0 Å². The van der Waals surface area contributed by atoms with E-state index in [2.05, 4.69) is 21.3 Å². The number of amides is 6. The molecule has 2 fully saturated rings. The zero-order valence-electron chi connectivity index (χ0n) is 20.4. The van der Waals surface area contributed by atoms with E-state index in [0.717, 1.165) is 29.9 Å². The molecule has 11 nitrogen and oxygen atoms in total. The molecule has 198 valence electrons. The Bertz CT molecular complexity index is 1060. The minimum atomic E-state index is -0.442. The number of thioether (sulfide) groups is 1. The van der Waals surface area contributed by atoms with Crippen LogP contribution in [0.5, 0.6) is 0 Å². The molecule has 3 atom stereocenters. The molecule has 0 radical (unpaired) electrons. The number of carbonyl (C=O) groups is 5. The molecule has 12 heteroatoms. The van der Waals surface area contributed by atoms with Crippen molar-refractivity contribution in [3.8, 4) is 0 Å². The average molecular weight is 530 g/mol. The minimum absolute atomic E-state index is 0.0188. The lowest BCUT2D eigenvalue weighted by Crippen LogP contribution is -2.36. The summed E-state index contributed by atoms with van der Waals surface area (Å²) in [6.45, 7) is 1.27. The van der Waals surface area contributed by atoms with Crippen molar-refractivity contribution >= 4 is 47.1 Å². The Labute approximate surface area is 219 Å². The molecule has 4 rings (SSSR count). The number of nitrogens with one attached hydrogen (secondary N) is 4. The molecule has 3 unspecified atom stereocenters. The van der Waals surface area contributed by atoms with Gasteiger partial charge >= 0.3 is 6.03 Å². The molecule has 0 spiro atoms. The topological polar surface area (TPSA) is 146 Å². The molecule has 6 amide bonds. The third kappa shape index (κ3) is 7.10. The second-order valence-corrected chi connectivity index (χ2v) is 10.3. The molecule has 1 aromatic carbocycles. The fourth-order valence-electron chi connectivity index (χ4n) is 4.51. The smallest absolute Gasteiger partial charge is 0.315 e. The predicted molar refractivity (Wildman–Crippen MR) is 138 cm³/mol. The van der Waals surface area contributed by atoms with E-state index in [0.29, 0.717) is 36.1 Å². The van der Waals surface area contributed by atoms with E-state index in [4.69, 9.17) is 4.74 Å². The van der Waals surface area contributed by atoms with Crippen LogP contribution in [0, 0.1) is 0 Å². The molecule has 1 aromatic rings. The number of hydrogen-bond donors (Lipinski definition) is 4. The van der Waals surface area contributed by atoms with Gasteiger partial charge in [-0.25, -0.2) is 9.69 Å². The van der Waals surface area contributed by atoms with Gasteiger partial charge in [0.15, 0.2) is 0 Å². The Balaban J connectivity index is 1.02. The largest absolute Gasteiger partial charge is 0.378 e. The summed E-state index contributed by atoms with van der Waals surface area (Å²) in [6.07, 6.45) is 5.55. The van der Waals surface area contributed by atoms with Gasteiger partial charge in [0.05, 0.1) is 31.0 Å². The number of benzene rings is 1. The van der Waals surface area contributed by atoms with Crippen LogP contribution >= 0.6 is 11.8 Å². The normalized spacial score (nSPS) is 22.1. The van der Waals surface area contributed by atoms with Crippen LogP contribution < -0.4 is 26.2 Å². The Kier molecular flexibility index (Phi) is 9.18. The molecule has 3 aliphatic rings. The number of ether oxygens (including phenoxy) is 1. The van der Waals surface area contributed by atoms with Crippen molar-refractivity contribution in [2.75, 3.05) is 37.0 Å². The van der Waals surface area contributed by atoms with E-state index in [9.17, 15) is 24.0 Å². The van der Waals surface area contributed by atoms with Crippen LogP contribution in [0.2, 0.25) is 0 Å². The van der Waals surface area contributed by atoms with Crippen molar-refractivity contribution in [3.63, 3.8) is 0 Å². The Morgan fingerprint density at radius 3 is 2.57 bits per heavy atom. The monoisotopic (exact) mass is 529 g/mol. The van der Waals surface area contributed by atoms with Gasteiger partial charge in [-0.2, -0.15) is 11.8 Å². The van der Waals surface area contributed by atoms with Gasteiger partial charge in [0.2, 0.25) is 5.91 Å². The van der Waals surface area contributed by atoms with Gasteiger partial charge in [-0.15, -0.1) is 0 Å². The van der Waals surface area contributed by atoms with Crippen LogP contribution in [0.1, 0.15) is 36.0 Å². The Hall–Kier alpha value is -3.38. The highest BCUT2D eigenvalue weighted by atomic mass is 32.2. The summed E-state index contributed by atoms with van der Waals surface area (Å²) in [6, 6.07) is 6.63. The number of rotatable bonds is 13. The summed E-state index contributed by atoms with van der Waals surface area (Å²) >= 11 is 1.88. The van der Waals surface area contributed by atoms with Gasteiger partial charge < -0.3 is 26.0 Å². The van der Waals surface area contributed by atoms with Crippen molar-refractivity contribution < 1.29 is 28.7 Å². The second-order valence-electron chi connectivity index (χ2n) is 8.98. The first-order valence-corrected chi connectivity index (χ1v) is 13.4. The molecular formula is C25H31N5O6S. The van der Waals surface area contributed by atoms with Crippen molar-refractivity contribution in [2.24, 2.45) is 0 Å². The number of hydrogen-bond acceptors (Lipinski definition) is 7. The summed E-state index contributed by atoms with van der Waals surface area (Å²) in [4.78, 5) is 60.5. The first-order chi connectivity index (χ1) is 17.9. The number of anilines is 1. The van der Waals surface area contributed by atoms with Crippen LogP contribution in [0.15, 0.2) is 36.4 Å². The van der Waals surface area contributed by atoms with Gasteiger partial charge in [0.1, 0.15) is 0 Å². The fraction of sp³-hybridized carbons (Fsp3) is 0.480. The maximum Gasteiger partial charge on any atom is 0.315 e. The van der Waals surface area contributed by atoms with Crippen molar-refractivity contribution in [1.29, 1.82) is 0 Å². The van der Waals surface area contributed by atoms with E-state index in [-0.39, 0.29) is 43.1 Å². The average Bonchev–Trinajstić information content (AvgIpc) is 3.54. The van der Waals surface area contributed by atoms with Crippen LogP contribution in [0.3, 0.4) is 0 Å². The van der Waals surface area contributed by atoms with Crippen molar-refractivity contribution in [3.05, 3.63) is 42.0 Å². The minimum Gasteiger partial charge on any atom is -0.378 e. The fourth-order valence-corrected chi connectivity index (χ4v) is 6.05. The number of imide groups is 1. The summed E-state index contributed by atoms with van der Waals surface area (Å²) in [7, 11) is 0. The van der Waals surface area contributed by atoms with Crippen LogP contribution in [0.4, 0.5) is 10.5 Å². The number of urea groups is 1. The Morgan fingerprint density at radius 2 is 1.78 bits per heavy atom. The number of fused-ring (bicyclic) bond motifs is 1. The zero-order valence-corrected chi connectivity index (χ0v) is 21.2. The summed E-state index contributed by atoms with van der Waals surface area (Å²) in [5.41, 5.74) is 0.665. The van der Waals surface area contributed by atoms with Gasteiger partial charge in [-0.1, -0.05) is 12.5 Å². The molecular weight excluding hydrogens is 498 g/mol.